The molecule has 1 atom stereocenters. The van der Waals surface area contributed by atoms with E-state index in [4.69, 9.17) is 0 Å². The minimum atomic E-state index is -2.79. The summed E-state index contributed by atoms with van der Waals surface area (Å²) in [7, 11) is 0. The normalized spacial score (nSPS) is 17.7. The van der Waals surface area contributed by atoms with Crippen LogP contribution in [0.2, 0.25) is 0 Å². The highest BCUT2D eigenvalue weighted by molar-refractivity contribution is 6.38. The van der Waals surface area contributed by atoms with Gasteiger partial charge < -0.3 is 16.0 Å². The fourth-order valence-electron chi connectivity index (χ4n) is 5.84. The summed E-state index contributed by atoms with van der Waals surface area (Å²) in [5, 5.41) is 8.27. The summed E-state index contributed by atoms with van der Waals surface area (Å²) in [4.78, 5) is 58.1. The lowest BCUT2D eigenvalue weighted by Gasteiger charge is -2.34. The Balaban J connectivity index is 1.36. The number of pyridine rings is 1. The van der Waals surface area contributed by atoms with Crippen LogP contribution in [0.3, 0.4) is 0 Å². The van der Waals surface area contributed by atoms with Gasteiger partial charge in [-0.3, -0.25) is 24.2 Å². The van der Waals surface area contributed by atoms with E-state index in [1.54, 1.807) is 48.7 Å². The molecule has 1 saturated carbocycles. The molecule has 1 aromatic heterocycles. The van der Waals surface area contributed by atoms with Gasteiger partial charge in [0.25, 0.3) is 5.91 Å². The molecule has 3 N–H and O–H groups in total. The number of Topliss-reactive ketones (excluding diaryl/α,β-unsaturated/α-hetero) is 1. The molecule has 1 heterocycles. The highest BCUT2D eigenvalue weighted by atomic mass is 19.3. The highest BCUT2D eigenvalue weighted by Crippen LogP contribution is 2.37. The topological polar surface area (TPSA) is 117 Å². The van der Waals surface area contributed by atoms with Crippen molar-refractivity contribution in [2.45, 2.75) is 69.0 Å². The molecule has 0 bridgehead atoms. The molecule has 2 aromatic carbocycles. The third-order valence-corrected chi connectivity index (χ3v) is 8.27. The lowest BCUT2D eigenvalue weighted by atomic mass is 9.84. The van der Waals surface area contributed by atoms with E-state index < -0.39 is 46.9 Å². The molecule has 3 amide bonds. The van der Waals surface area contributed by atoms with Crippen molar-refractivity contribution in [1.82, 2.24) is 20.9 Å². The summed E-state index contributed by atoms with van der Waals surface area (Å²) < 4.78 is 27.6. The molecule has 3 aromatic rings. The maximum absolute atomic E-state index is 14.1. The first-order valence-electron chi connectivity index (χ1n) is 14.5. The largest absolute Gasteiger partial charge is 0.344 e. The molecule has 0 unspecified atom stereocenters. The van der Waals surface area contributed by atoms with Gasteiger partial charge in [-0.1, -0.05) is 60.7 Å². The van der Waals surface area contributed by atoms with Gasteiger partial charge in [0.05, 0.1) is 12.2 Å². The second kappa shape index (κ2) is 12.8. The monoisotopic (exact) mass is 588 g/mol. The predicted molar refractivity (Wildman–Crippen MR) is 155 cm³/mol. The van der Waals surface area contributed by atoms with Crippen LogP contribution in [0, 0.1) is 5.92 Å². The molecule has 0 spiro atoms. The first-order chi connectivity index (χ1) is 20.6. The fourth-order valence-corrected chi connectivity index (χ4v) is 5.84. The summed E-state index contributed by atoms with van der Waals surface area (Å²) in [6, 6.07) is 20.4. The fraction of sp³-hybridized carbons (Fsp3) is 0.364. The van der Waals surface area contributed by atoms with Gasteiger partial charge in [0.1, 0.15) is 11.6 Å². The van der Waals surface area contributed by atoms with Crippen molar-refractivity contribution in [2.75, 3.05) is 0 Å². The van der Waals surface area contributed by atoms with Gasteiger partial charge in [-0.15, -0.1) is 0 Å². The number of rotatable bonds is 10. The van der Waals surface area contributed by atoms with Crippen molar-refractivity contribution in [1.29, 1.82) is 0 Å². The number of fused-ring (bicyclic) bond motifs is 1. The average Bonchev–Trinajstić information content (AvgIpc) is 3.39. The molecular weight excluding hydrogens is 554 g/mol. The zero-order chi connectivity index (χ0) is 30.5. The van der Waals surface area contributed by atoms with Crippen LogP contribution in [0.25, 0.3) is 0 Å². The van der Waals surface area contributed by atoms with Crippen molar-refractivity contribution in [2.24, 2.45) is 5.92 Å². The Kier molecular flexibility index (Phi) is 8.94. The number of carbonyl (C=O) groups is 4. The van der Waals surface area contributed by atoms with Gasteiger partial charge in [-0.25, -0.2) is 8.78 Å². The van der Waals surface area contributed by atoms with Crippen molar-refractivity contribution < 1.29 is 28.0 Å². The highest BCUT2D eigenvalue weighted by Gasteiger charge is 2.48. The minimum Gasteiger partial charge on any atom is -0.344 e. The number of ketones is 1. The summed E-state index contributed by atoms with van der Waals surface area (Å²) in [5.74, 6) is -6.21. The van der Waals surface area contributed by atoms with Crippen molar-refractivity contribution in [3.63, 3.8) is 0 Å². The lowest BCUT2D eigenvalue weighted by Crippen LogP contribution is -2.63. The molecule has 5 rings (SSSR count). The van der Waals surface area contributed by atoms with Gasteiger partial charge in [-0.05, 0) is 41.7 Å². The molecule has 224 valence electrons. The van der Waals surface area contributed by atoms with Crippen LogP contribution in [0.4, 0.5) is 8.78 Å². The number of aromatic nitrogens is 1. The number of halogens is 2. The Hall–Kier alpha value is -4.47. The molecule has 2 aliphatic carbocycles. The summed E-state index contributed by atoms with van der Waals surface area (Å²) in [5.41, 5.74) is 1.59. The Bertz CT molecular complexity index is 1450. The van der Waals surface area contributed by atoms with E-state index in [-0.39, 0.29) is 51.5 Å². The van der Waals surface area contributed by atoms with Gasteiger partial charge in [0, 0.05) is 44.2 Å². The van der Waals surface area contributed by atoms with Crippen LogP contribution < -0.4 is 16.0 Å². The number of alkyl halides is 2. The number of benzene rings is 2. The van der Waals surface area contributed by atoms with Crippen LogP contribution >= 0.6 is 0 Å². The molecule has 43 heavy (non-hydrogen) atoms. The van der Waals surface area contributed by atoms with Crippen molar-refractivity contribution >= 4 is 23.5 Å². The third kappa shape index (κ3) is 7.31. The van der Waals surface area contributed by atoms with Gasteiger partial charge in [0.15, 0.2) is 0 Å². The quantitative estimate of drug-likeness (QED) is 0.314. The third-order valence-electron chi connectivity index (χ3n) is 8.27. The zero-order valence-corrected chi connectivity index (χ0v) is 23.7. The number of amides is 3. The zero-order valence-electron chi connectivity index (χ0n) is 23.7. The average molecular weight is 589 g/mol. The Morgan fingerprint density at radius 1 is 0.860 bits per heavy atom. The molecular formula is C33H34F2N4O4. The summed E-state index contributed by atoms with van der Waals surface area (Å²) in [6.07, 6.45) is 1.25. The predicted octanol–water partition coefficient (Wildman–Crippen LogP) is 3.47. The number of hydrogen-bond acceptors (Lipinski definition) is 5. The van der Waals surface area contributed by atoms with Gasteiger partial charge in [0.2, 0.25) is 23.5 Å². The van der Waals surface area contributed by atoms with E-state index in [1.807, 2.05) is 30.3 Å². The van der Waals surface area contributed by atoms with Crippen LogP contribution in [0.5, 0.6) is 0 Å². The molecule has 8 nitrogen and oxygen atoms in total. The molecule has 2 aliphatic rings. The number of nitrogens with zero attached hydrogens (tertiary/aromatic N) is 1. The lowest BCUT2D eigenvalue weighted by molar-refractivity contribution is -0.142. The van der Waals surface area contributed by atoms with E-state index in [2.05, 4.69) is 20.9 Å². The second-order valence-corrected chi connectivity index (χ2v) is 11.4. The molecule has 10 heteroatoms. The smallest absolute Gasteiger partial charge is 0.289 e. The first kappa shape index (κ1) is 30.0. The van der Waals surface area contributed by atoms with Gasteiger partial charge >= 0.3 is 0 Å². The second-order valence-electron chi connectivity index (χ2n) is 11.4. The first-order valence-corrected chi connectivity index (χ1v) is 14.5. The Morgan fingerprint density at radius 2 is 1.49 bits per heavy atom. The van der Waals surface area contributed by atoms with Crippen molar-refractivity contribution in [3.8, 4) is 0 Å². The van der Waals surface area contributed by atoms with Crippen LogP contribution in [0.15, 0.2) is 79.0 Å². The van der Waals surface area contributed by atoms with E-state index in [0.29, 0.717) is 5.69 Å². The number of hydrogen-bond donors (Lipinski definition) is 3. The standard InChI is InChI=1S/C33H34F2N4O4/c34-33(35)15-13-23(14-16-33)29(41)39-32(19-24-10-4-5-11-25(24)20-32)31(43)38-27(18-22-8-2-1-3-9-22)28(40)30(42)37-21-26-12-6-7-17-36-26/h1-12,17,23,27H,13-16,18-21H2,(H,37,42)(H,38,43)(H,39,41)/t27-/m1/s1. The van der Waals surface area contributed by atoms with E-state index >= 15 is 0 Å². The van der Waals surface area contributed by atoms with Gasteiger partial charge in [-0.2, -0.15) is 0 Å². The number of nitrogens with one attached hydrogen (secondary N) is 3. The van der Waals surface area contributed by atoms with Crippen molar-refractivity contribution in [3.05, 3.63) is 101 Å². The van der Waals surface area contributed by atoms with E-state index in [9.17, 15) is 28.0 Å². The molecule has 0 radical (unpaired) electrons. The molecule has 0 saturated heterocycles. The van der Waals surface area contributed by atoms with Crippen LogP contribution in [-0.4, -0.2) is 46.0 Å². The summed E-state index contributed by atoms with van der Waals surface area (Å²) in [6.45, 7) is 0.0349. The van der Waals surface area contributed by atoms with Crippen LogP contribution in [0.1, 0.15) is 48.1 Å². The Labute approximate surface area is 248 Å². The molecule has 1 fully saturated rings. The van der Waals surface area contributed by atoms with E-state index in [1.165, 1.54) is 0 Å². The number of carbonyl (C=O) groups excluding carboxylic acids is 4. The SMILES string of the molecule is O=C(NCc1ccccn1)C(=O)[C@@H](Cc1ccccc1)NC(=O)C1(NC(=O)C2CCC(F)(F)CC2)Cc2ccccc2C1. The molecule has 0 aliphatic heterocycles. The maximum atomic E-state index is 14.1. The Morgan fingerprint density at radius 3 is 2.12 bits per heavy atom. The summed E-state index contributed by atoms with van der Waals surface area (Å²) >= 11 is 0. The minimum absolute atomic E-state index is 0.0229. The van der Waals surface area contributed by atoms with E-state index in [0.717, 1.165) is 16.7 Å². The van der Waals surface area contributed by atoms with Crippen LogP contribution in [-0.2, 0) is 45.0 Å². The maximum Gasteiger partial charge on any atom is 0.289 e.